The highest BCUT2D eigenvalue weighted by atomic mass is 32.2. The van der Waals surface area contributed by atoms with E-state index in [-0.39, 0.29) is 11.2 Å². The molecule has 6 nitrogen and oxygen atoms in total. The molecule has 8 heteroatoms. The molecule has 0 atom stereocenters. The van der Waals surface area contributed by atoms with Crippen LogP contribution in [-0.2, 0) is 31.6 Å². The second kappa shape index (κ2) is 9.49. The lowest BCUT2D eigenvalue weighted by Crippen LogP contribution is -2.24. The van der Waals surface area contributed by atoms with Crippen LogP contribution in [0.1, 0.15) is 34.4 Å². The summed E-state index contributed by atoms with van der Waals surface area (Å²) in [7, 11) is 0. The lowest BCUT2D eigenvalue weighted by molar-refractivity contribution is -0.384. The van der Waals surface area contributed by atoms with E-state index in [0.29, 0.717) is 17.5 Å². The van der Waals surface area contributed by atoms with Crippen LogP contribution in [0.25, 0.3) is 10.2 Å². The largest absolute Gasteiger partial charge is 0.287 e. The molecule has 2 heterocycles. The van der Waals surface area contributed by atoms with E-state index in [2.05, 4.69) is 12.1 Å². The van der Waals surface area contributed by atoms with Crippen LogP contribution in [0.5, 0.6) is 0 Å². The van der Waals surface area contributed by atoms with Crippen LogP contribution < -0.4 is 5.56 Å². The van der Waals surface area contributed by atoms with E-state index in [9.17, 15) is 14.9 Å². The van der Waals surface area contributed by atoms with Gasteiger partial charge in [-0.3, -0.25) is 19.5 Å². The highest BCUT2D eigenvalue weighted by Crippen LogP contribution is 2.35. The summed E-state index contributed by atoms with van der Waals surface area (Å²) in [5.74, 6) is 0.590. The molecule has 0 aliphatic heterocycles. The third-order valence-electron chi connectivity index (χ3n) is 6.02. The zero-order chi connectivity index (χ0) is 22.8. The van der Waals surface area contributed by atoms with E-state index in [1.807, 2.05) is 22.8 Å². The van der Waals surface area contributed by atoms with Crippen molar-refractivity contribution in [3.05, 3.63) is 96.6 Å². The van der Waals surface area contributed by atoms with Crippen molar-refractivity contribution in [1.29, 1.82) is 0 Å². The molecule has 33 heavy (non-hydrogen) atoms. The first-order valence-electron chi connectivity index (χ1n) is 11.1. The van der Waals surface area contributed by atoms with Crippen LogP contribution in [0.2, 0.25) is 0 Å². The van der Waals surface area contributed by atoms with Crippen LogP contribution in [0.4, 0.5) is 5.69 Å². The first-order chi connectivity index (χ1) is 16.1. The smallest absolute Gasteiger partial charge is 0.269 e. The van der Waals surface area contributed by atoms with Crippen molar-refractivity contribution in [3.8, 4) is 0 Å². The van der Waals surface area contributed by atoms with Gasteiger partial charge >= 0.3 is 0 Å². The number of hydrogen-bond donors (Lipinski definition) is 0. The number of nitrogens with zero attached hydrogens (tertiary/aromatic N) is 3. The van der Waals surface area contributed by atoms with Crippen molar-refractivity contribution < 1.29 is 4.92 Å². The van der Waals surface area contributed by atoms with E-state index in [4.69, 9.17) is 4.98 Å². The summed E-state index contributed by atoms with van der Waals surface area (Å²) >= 11 is 3.18. The molecule has 2 aromatic carbocycles. The average Bonchev–Trinajstić information content (AvgIpc) is 3.22. The molecule has 1 aliphatic carbocycles. The second-order valence-corrected chi connectivity index (χ2v) is 10.2. The number of thiophene rings is 1. The van der Waals surface area contributed by atoms with E-state index in [1.54, 1.807) is 23.5 Å². The maximum absolute atomic E-state index is 13.7. The number of benzene rings is 2. The van der Waals surface area contributed by atoms with E-state index in [1.165, 1.54) is 46.3 Å². The highest BCUT2D eigenvalue weighted by Gasteiger charge is 2.22. The van der Waals surface area contributed by atoms with Gasteiger partial charge in [0, 0.05) is 29.3 Å². The third-order valence-corrected chi connectivity index (χ3v) is 8.26. The van der Waals surface area contributed by atoms with Crippen molar-refractivity contribution in [2.75, 3.05) is 0 Å². The van der Waals surface area contributed by atoms with Gasteiger partial charge in [-0.15, -0.1) is 11.3 Å². The summed E-state index contributed by atoms with van der Waals surface area (Å²) in [4.78, 5) is 31.3. The molecular formula is C25H23N3O3S2. The lowest BCUT2D eigenvalue weighted by Gasteiger charge is -2.14. The molecular weight excluding hydrogens is 454 g/mol. The minimum Gasteiger partial charge on any atom is -0.287 e. The van der Waals surface area contributed by atoms with E-state index < -0.39 is 4.92 Å². The fourth-order valence-corrected chi connectivity index (χ4v) is 6.56. The van der Waals surface area contributed by atoms with Crippen molar-refractivity contribution in [2.45, 2.75) is 49.6 Å². The van der Waals surface area contributed by atoms with Gasteiger partial charge < -0.3 is 0 Å². The van der Waals surface area contributed by atoms with Crippen LogP contribution in [0, 0.1) is 10.1 Å². The number of rotatable bonds is 7. The van der Waals surface area contributed by atoms with Gasteiger partial charge in [-0.25, -0.2) is 4.98 Å². The van der Waals surface area contributed by atoms with Gasteiger partial charge in [-0.1, -0.05) is 54.2 Å². The van der Waals surface area contributed by atoms with Gasteiger partial charge in [-0.05, 0) is 48.8 Å². The molecule has 0 saturated heterocycles. The van der Waals surface area contributed by atoms with Crippen molar-refractivity contribution in [2.24, 2.45) is 0 Å². The van der Waals surface area contributed by atoms with Gasteiger partial charge in [0.2, 0.25) is 0 Å². The van der Waals surface area contributed by atoms with Gasteiger partial charge in [0.05, 0.1) is 10.3 Å². The maximum atomic E-state index is 13.7. The Labute approximate surface area is 199 Å². The Morgan fingerprint density at radius 2 is 1.79 bits per heavy atom. The van der Waals surface area contributed by atoms with Crippen molar-refractivity contribution in [1.82, 2.24) is 9.55 Å². The second-order valence-electron chi connectivity index (χ2n) is 8.19. The molecule has 168 valence electrons. The molecule has 2 aromatic heterocycles. The number of fused-ring (bicyclic) bond motifs is 3. The standard InChI is InChI=1S/C25H23N3O3S2/c29-24-22-20-8-4-5-9-21(20)33-23(22)26-25(27(24)15-14-17-6-2-1-3-7-17)32-16-18-10-12-19(13-11-18)28(30)31/h1-3,6-7,10-13H,4-5,8-9,14-16H2. The van der Waals surface area contributed by atoms with Crippen LogP contribution in [0.3, 0.4) is 0 Å². The van der Waals surface area contributed by atoms with Crippen molar-refractivity contribution >= 4 is 39.0 Å². The minimum atomic E-state index is -0.397. The summed E-state index contributed by atoms with van der Waals surface area (Å²) in [5, 5.41) is 12.4. The first kappa shape index (κ1) is 21.9. The van der Waals surface area contributed by atoms with Gasteiger partial charge in [0.1, 0.15) is 4.83 Å². The molecule has 0 unspecified atom stereocenters. The Hall–Kier alpha value is -2.97. The van der Waals surface area contributed by atoms with Crippen molar-refractivity contribution in [3.63, 3.8) is 0 Å². The molecule has 0 radical (unpaired) electrons. The number of non-ortho nitro benzene ring substituents is 1. The van der Waals surface area contributed by atoms with Crippen LogP contribution in [-0.4, -0.2) is 14.5 Å². The molecule has 0 fully saturated rings. The quantitative estimate of drug-likeness (QED) is 0.146. The molecule has 1 aliphatic rings. The summed E-state index contributed by atoms with van der Waals surface area (Å²) in [6.07, 6.45) is 5.04. The summed E-state index contributed by atoms with van der Waals surface area (Å²) in [6, 6.07) is 16.7. The Morgan fingerprint density at radius 3 is 2.55 bits per heavy atom. The molecule has 4 aromatic rings. The van der Waals surface area contributed by atoms with Gasteiger partial charge in [0.15, 0.2) is 5.16 Å². The molecule has 0 spiro atoms. The monoisotopic (exact) mass is 477 g/mol. The van der Waals surface area contributed by atoms with E-state index >= 15 is 0 Å². The summed E-state index contributed by atoms with van der Waals surface area (Å²) in [5.41, 5.74) is 3.48. The maximum Gasteiger partial charge on any atom is 0.269 e. The summed E-state index contributed by atoms with van der Waals surface area (Å²) < 4.78 is 1.83. The zero-order valence-electron chi connectivity index (χ0n) is 18.0. The van der Waals surface area contributed by atoms with E-state index in [0.717, 1.165) is 41.5 Å². The third kappa shape index (κ3) is 4.58. The fraction of sp³-hybridized carbons (Fsp3) is 0.280. The fourth-order valence-electron chi connectivity index (χ4n) is 4.27. The van der Waals surface area contributed by atoms with Gasteiger partial charge in [-0.2, -0.15) is 0 Å². The average molecular weight is 478 g/mol. The number of aromatic nitrogens is 2. The van der Waals surface area contributed by atoms with Crippen LogP contribution >= 0.6 is 23.1 Å². The zero-order valence-corrected chi connectivity index (χ0v) is 19.7. The molecule has 0 saturated carbocycles. The normalized spacial score (nSPS) is 13.2. The predicted octanol–water partition coefficient (Wildman–Crippen LogP) is 5.78. The molecule has 5 rings (SSSR count). The minimum absolute atomic E-state index is 0.0570. The first-order valence-corrected chi connectivity index (χ1v) is 12.9. The predicted molar refractivity (Wildman–Crippen MR) is 133 cm³/mol. The number of aryl methyl sites for hydroxylation is 3. The molecule has 0 N–H and O–H groups in total. The van der Waals surface area contributed by atoms with Crippen LogP contribution in [0.15, 0.2) is 64.5 Å². The number of hydrogen-bond acceptors (Lipinski definition) is 6. The Kier molecular flexibility index (Phi) is 6.28. The Balaban J connectivity index is 1.49. The SMILES string of the molecule is O=c1c2c3c(sc2nc(SCc2ccc([N+](=O)[O-])cc2)n1CCc1ccccc1)CCCC3. The lowest BCUT2D eigenvalue weighted by atomic mass is 9.97. The number of thioether (sulfide) groups is 1. The molecule has 0 amide bonds. The Bertz CT molecular complexity index is 1360. The Morgan fingerprint density at radius 1 is 1.03 bits per heavy atom. The summed E-state index contributed by atoms with van der Waals surface area (Å²) in [6.45, 7) is 0.568. The number of nitro benzene ring substituents is 1. The number of nitro groups is 1. The molecule has 0 bridgehead atoms. The van der Waals surface area contributed by atoms with Gasteiger partial charge in [0.25, 0.3) is 11.2 Å². The highest BCUT2D eigenvalue weighted by molar-refractivity contribution is 7.98. The topological polar surface area (TPSA) is 78.0 Å².